The number of rotatable bonds is 9. The SMILES string of the molecule is COc1ccc(CSc2nccc3c2ccn3CC(=O)NCCN2CCN(C)CC2)cc1. The molecule has 1 aliphatic heterocycles. The smallest absolute Gasteiger partial charge is 0.239 e. The first-order chi connectivity index (χ1) is 15.6. The number of nitrogens with zero attached hydrogens (tertiary/aromatic N) is 4. The first-order valence-electron chi connectivity index (χ1n) is 11.0. The molecule has 0 atom stereocenters. The Morgan fingerprint density at radius 2 is 1.91 bits per heavy atom. The molecular weight excluding hydrogens is 422 g/mol. The van der Waals surface area contributed by atoms with Crippen LogP contribution in [0.5, 0.6) is 5.75 Å². The molecule has 1 N–H and O–H groups in total. The zero-order valence-electron chi connectivity index (χ0n) is 18.8. The second-order valence-corrected chi connectivity index (χ2v) is 9.09. The average molecular weight is 454 g/mol. The van der Waals surface area contributed by atoms with E-state index in [4.69, 9.17) is 4.74 Å². The summed E-state index contributed by atoms with van der Waals surface area (Å²) in [6.07, 6.45) is 3.80. The van der Waals surface area contributed by atoms with E-state index in [1.54, 1.807) is 18.9 Å². The van der Waals surface area contributed by atoms with Crippen LogP contribution in [0.15, 0.2) is 53.8 Å². The van der Waals surface area contributed by atoms with Crippen molar-refractivity contribution in [3.63, 3.8) is 0 Å². The fourth-order valence-electron chi connectivity index (χ4n) is 3.86. The Kier molecular flexibility index (Phi) is 7.68. The van der Waals surface area contributed by atoms with Gasteiger partial charge in [0.2, 0.25) is 5.91 Å². The third-order valence-corrected chi connectivity index (χ3v) is 6.93. The molecule has 0 saturated carbocycles. The number of nitrogens with one attached hydrogen (secondary N) is 1. The molecule has 7 nitrogen and oxygen atoms in total. The first kappa shape index (κ1) is 22.6. The highest BCUT2D eigenvalue weighted by Gasteiger charge is 2.14. The van der Waals surface area contributed by atoms with E-state index >= 15 is 0 Å². The lowest BCUT2D eigenvalue weighted by Crippen LogP contribution is -2.47. The topological polar surface area (TPSA) is 62.6 Å². The molecule has 1 fully saturated rings. The molecule has 0 aliphatic carbocycles. The predicted molar refractivity (Wildman–Crippen MR) is 129 cm³/mol. The van der Waals surface area contributed by atoms with Gasteiger partial charge in [0.1, 0.15) is 17.3 Å². The van der Waals surface area contributed by atoms with E-state index in [0.717, 1.165) is 60.2 Å². The van der Waals surface area contributed by atoms with Crippen molar-refractivity contribution in [3.05, 3.63) is 54.4 Å². The standard InChI is InChI=1S/C24H31N5O2S/c1-27-13-15-28(16-14-27)12-10-25-23(30)17-29-11-8-21-22(29)7-9-26-24(21)32-18-19-3-5-20(31-2)6-4-19/h3-9,11H,10,12-18H2,1-2H3,(H,25,30). The van der Waals surface area contributed by atoms with Crippen LogP contribution in [-0.4, -0.2) is 78.7 Å². The maximum atomic E-state index is 12.5. The number of benzene rings is 1. The molecule has 0 spiro atoms. The van der Waals surface area contributed by atoms with E-state index in [-0.39, 0.29) is 5.91 Å². The molecule has 0 unspecified atom stereocenters. The minimum Gasteiger partial charge on any atom is -0.497 e. The van der Waals surface area contributed by atoms with E-state index in [9.17, 15) is 4.79 Å². The van der Waals surface area contributed by atoms with Crippen molar-refractivity contribution < 1.29 is 9.53 Å². The summed E-state index contributed by atoms with van der Waals surface area (Å²) in [5.41, 5.74) is 2.25. The van der Waals surface area contributed by atoms with Gasteiger partial charge in [-0.05, 0) is 36.9 Å². The molecular formula is C24H31N5O2S. The number of likely N-dealkylation sites (N-methyl/N-ethyl adjacent to an activating group) is 1. The van der Waals surface area contributed by atoms with Crippen LogP contribution >= 0.6 is 11.8 Å². The van der Waals surface area contributed by atoms with Crippen LogP contribution < -0.4 is 10.1 Å². The van der Waals surface area contributed by atoms with E-state index in [2.05, 4.69) is 45.3 Å². The number of carbonyl (C=O) groups excluding carboxylic acids is 1. The minimum atomic E-state index is 0.0425. The highest BCUT2D eigenvalue weighted by atomic mass is 32.2. The Balaban J connectivity index is 1.31. The average Bonchev–Trinajstić information content (AvgIpc) is 3.22. The van der Waals surface area contributed by atoms with Gasteiger partial charge in [0.15, 0.2) is 0 Å². The number of carbonyl (C=O) groups is 1. The van der Waals surface area contributed by atoms with Gasteiger partial charge in [-0.3, -0.25) is 9.69 Å². The molecule has 170 valence electrons. The fourth-order valence-corrected chi connectivity index (χ4v) is 4.82. The zero-order chi connectivity index (χ0) is 22.3. The van der Waals surface area contributed by atoms with Crippen molar-refractivity contribution >= 4 is 28.6 Å². The minimum absolute atomic E-state index is 0.0425. The summed E-state index contributed by atoms with van der Waals surface area (Å²) in [5, 5.41) is 5.13. The molecule has 3 heterocycles. The summed E-state index contributed by atoms with van der Waals surface area (Å²) in [4.78, 5) is 21.8. The molecule has 2 aromatic heterocycles. The third-order valence-electron chi connectivity index (χ3n) is 5.86. The monoisotopic (exact) mass is 453 g/mol. The zero-order valence-corrected chi connectivity index (χ0v) is 19.6. The van der Waals surface area contributed by atoms with Gasteiger partial charge in [-0.2, -0.15) is 0 Å². The number of hydrogen-bond donors (Lipinski definition) is 1. The van der Waals surface area contributed by atoms with E-state index in [1.165, 1.54) is 5.56 Å². The fraction of sp³-hybridized carbons (Fsp3) is 0.417. The largest absolute Gasteiger partial charge is 0.497 e. The molecule has 4 rings (SSSR count). The van der Waals surface area contributed by atoms with Crippen LogP contribution in [0.1, 0.15) is 5.56 Å². The highest BCUT2D eigenvalue weighted by molar-refractivity contribution is 7.98. The van der Waals surface area contributed by atoms with Crippen molar-refractivity contribution in [2.24, 2.45) is 0 Å². The van der Waals surface area contributed by atoms with Crippen molar-refractivity contribution in [1.82, 2.24) is 24.7 Å². The number of amides is 1. The van der Waals surface area contributed by atoms with Gasteiger partial charge in [0.05, 0.1) is 12.6 Å². The number of aromatic nitrogens is 2. The third kappa shape index (κ3) is 5.82. The van der Waals surface area contributed by atoms with Gasteiger partial charge in [-0.15, -0.1) is 11.8 Å². The second kappa shape index (κ2) is 10.8. The van der Waals surface area contributed by atoms with Gasteiger partial charge in [-0.1, -0.05) is 12.1 Å². The normalized spacial score (nSPS) is 15.2. The Bertz CT molecular complexity index is 1030. The highest BCUT2D eigenvalue weighted by Crippen LogP contribution is 2.29. The summed E-state index contributed by atoms with van der Waals surface area (Å²) >= 11 is 1.70. The number of pyridine rings is 1. The molecule has 0 bridgehead atoms. The van der Waals surface area contributed by atoms with Crippen LogP contribution in [0.25, 0.3) is 10.9 Å². The molecule has 32 heavy (non-hydrogen) atoms. The van der Waals surface area contributed by atoms with Crippen molar-refractivity contribution in [2.75, 3.05) is 53.4 Å². The van der Waals surface area contributed by atoms with Crippen LogP contribution in [0.4, 0.5) is 0 Å². The Labute approximate surface area is 193 Å². The summed E-state index contributed by atoms with van der Waals surface area (Å²) in [6, 6.07) is 12.1. The van der Waals surface area contributed by atoms with Crippen molar-refractivity contribution in [3.8, 4) is 5.75 Å². The lowest BCUT2D eigenvalue weighted by atomic mass is 10.2. The number of hydrogen-bond acceptors (Lipinski definition) is 6. The summed E-state index contributed by atoms with van der Waals surface area (Å²) < 4.78 is 7.22. The molecule has 0 radical (unpaired) electrons. The number of thioether (sulfide) groups is 1. The number of fused-ring (bicyclic) bond motifs is 1. The van der Waals surface area contributed by atoms with Crippen LogP contribution in [0.3, 0.4) is 0 Å². The van der Waals surface area contributed by atoms with Gasteiger partial charge in [-0.25, -0.2) is 4.98 Å². The summed E-state index contributed by atoms with van der Waals surface area (Å²) in [6.45, 7) is 6.23. The van der Waals surface area contributed by atoms with Gasteiger partial charge < -0.3 is 19.5 Å². The molecule has 3 aromatic rings. The van der Waals surface area contributed by atoms with E-state index in [0.29, 0.717) is 13.1 Å². The quantitative estimate of drug-likeness (QED) is 0.503. The first-order valence-corrected chi connectivity index (χ1v) is 12.0. The Hall–Kier alpha value is -2.55. The van der Waals surface area contributed by atoms with Crippen molar-refractivity contribution in [1.29, 1.82) is 0 Å². The van der Waals surface area contributed by atoms with E-state index < -0.39 is 0 Å². The number of methoxy groups -OCH3 is 1. The molecule has 1 aromatic carbocycles. The maximum absolute atomic E-state index is 12.5. The molecule has 1 aliphatic rings. The van der Waals surface area contributed by atoms with Crippen LogP contribution in [-0.2, 0) is 17.1 Å². The lowest BCUT2D eigenvalue weighted by molar-refractivity contribution is -0.121. The molecule has 8 heteroatoms. The molecule has 1 saturated heterocycles. The lowest BCUT2D eigenvalue weighted by Gasteiger charge is -2.32. The molecule has 1 amide bonds. The second-order valence-electron chi connectivity index (χ2n) is 8.12. The summed E-state index contributed by atoms with van der Waals surface area (Å²) in [5.74, 6) is 1.73. The van der Waals surface area contributed by atoms with Crippen molar-refractivity contribution in [2.45, 2.75) is 17.3 Å². The van der Waals surface area contributed by atoms with Crippen LogP contribution in [0.2, 0.25) is 0 Å². The van der Waals surface area contributed by atoms with Gasteiger partial charge in [0.25, 0.3) is 0 Å². The van der Waals surface area contributed by atoms with Gasteiger partial charge in [0, 0.05) is 62.8 Å². The van der Waals surface area contributed by atoms with Crippen LogP contribution in [0, 0.1) is 0 Å². The predicted octanol–water partition coefficient (Wildman–Crippen LogP) is 2.70. The Morgan fingerprint density at radius 1 is 1.12 bits per heavy atom. The number of piperazine rings is 1. The maximum Gasteiger partial charge on any atom is 0.239 e. The Morgan fingerprint density at radius 3 is 2.66 bits per heavy atom. The van der Waals surface area contributed by atoms with E-state index in [1.807, 2.05) is 35.2 Å². The number of ether oxygens (including phenoxy) is 1. The summed E-state index contributed by atoms with van der Waals surface area (Å²) in [7, 11) is 3.83. The van der Waals surface area contributed by atoms with Gasteiger partial charge >= 0.3 is 0 Å².